The molecule has 4 rings (SSSR count). The molecule has 5 nitrogen and oxygen atoms in total. The van der Waals surface area contributed by atoms with E-state index in [0.717, 1.165) is 22.5 Å². The molecule has 0 unspecified atom stereocenters. The number of thioether (sulfide) groups is 1. The number of rotatable bonds is 5. The normalized spacial score (nSPS) is 11.1. The number of nitrogens with zero attached hydrogens (tertiary/aromatic N) is 2. The van der Waals surface area contributed by atoms with Gasteiger partial charge < -0.3 is 13.6 Å². The van der Waals surface area contributed by atoms with Crippen LogP contribution in [0.4, 0.5) is 0 Å². The van der Waals surface area contributed by atoms with Crippen LogP contribution in [-0.4, -0.2) is 17.1 Å². The van der Waals surface area contributed by atoms with E-state index < -0.39 is 0 Å². The van der Waals surface area contributed by atoms with E-state index in [0.29, 0.717) is 27.5 Å². The van der Waals surface area contributed by atoms with Gasteiger partial charge in [0.25, 0.3) is 5.22 Å². The summed E-state index contributed by atoms with van der Waals surface area (Å²) in [7, 11) is 1.63. The molecule has 25 heavy (non-hydrogen) atoms. The van der Waals surface area contributed by atoms with Crippen molar-refractivity contribution in [2.75, 3.05) is 7.11 Å². The van der Waals surface area contributed by atoms with Crippen molar-refractivity contribution in [1.82, 2.24) is 9.97 Å². The van der Waals surface area contributed by atoms with Crippen LogP contribution < -0.4 is 4.74 Å². The lowest BCUT2D eigenvalue weighted by Gasteiger charge is -1.99. The third kappa shape index (κ3) is 3.50. The van der Waals surface area contributed by atoms with Crippen molar-refractivity contribution in [2.45, 2.75) is 11.0 Å². The molecule has 0 aliphatic heterocycles. The van der Waals surface area contributed by atoms with Crippen molar-refractivity contribution in [3.05, 3.63) is 59.4 Å². The van der Waals surface area contributed by atoms with Gasteiger partial charge in [0.05, 0.1) is 12.8 Å². The van der Waals surface area contributed by atoms with E-state index in [9.17, 15) is 0 Å². The van der Waals surface area contributed by atoms with E-state index >= 15 is 0 Å². The summed E-state index contributed by atoms with van der Waals surface area (Å²) < 4.78 is 16.4. The van der Waals surface area contributed by atoms with E-state index in [1.54, 1.807) is 25.5 Å². The highest BCUT2D eigenvalue weighted by Crippen LogP contribution is 2.29. The van der Waals surface area contributed by atoms with Gasteiger partial charge in [-0.3, -0.25) is 0 Å². The van der Waals surface area contributed by atoms with Crippen molar-refractivity contribution in [3.63, 3.8) is 0 Å². The molecule has 0 radical (unpaired) electrons. The fraction of sp³-hybridized carbons (Fsp3) is 0.111. The van der Waals surface area contributed by atoms with Gasteiger partial charge in [0.2, 0.25) is 5.89 Å². The Balaban J connectivity index is 1.46. The number of hydrogen-bond acceptors (Lipinski definition) is 6. The van der Waals surface area contributed by atoms with E-state index in [4.69, 9.17) is 25.2 Å². The molecule has 0 aliphatic rings. The highest BCUT2D eigenvalue weighted by molar-refractivity contribution is 7.98. The number of aromatic nitrogens is 2. The zero-order valence-corrected chi connectivity index (χ0v) is 14.8. The first kappa shape index (κ1) is 16.1. The van der Waals surface area contributed by atoms with Gasteiger partial charge in [0.15, 0.2) is 5.58 Å². The molecule has 0 N–H and O–H groups in total. The first-order chi connectivity index (χ1) is 12.2. The van der Waals surface area contributed by atoms with E-state index in [2.05, 4.69) is 9.97 Å². The first-order valence-corrected chi connectivity index (χ1v) is 8.85. The van der Waals surface area contributed by atoms with Crippen LogP contribution in [0.2, 0.25) is 5.02 Å². The van der Waals surface area contributed by atoms with Crippen LogP contribution in [0.15, 0.2) is 62.8 Å². The topological polar surface area (TPSA) is 61.3 Å². The molecular formula is C18H13ClN2O3S. The predicted octanol–water partition coefficient (Wildman–Crippen LogP) is 5.44. The standard InChI is InChI=1S/C18H13ClN2O3S/c1-22-14-5-2-11(3-6-14)17-20-13(9-23-17)10-25-18-21-15-8-12(19)4-7-16(15)24-18/h2-9H,10H2,1H3. The summed E-state index contributed by atoms with van der Waals surface area (Å²) >= 11 is 7.42. The Morgan fingerprint density at radius 2 is 1.96 bits per heavy atom. The van der Waals surface area contributed by atoms with Gasteiger partial charge in [0.1, 0.15) is 17.5 Å². The molecule has 2 aromatic carbocycles. The first-order valence-electron chi connectivity index (χ1n) is 7.49. The molecule has 0 atom stereocenters. The van der Waals surface area contributed by atoms with Gasteiger partial charge in [-0.15, -0.1) is 0 Å². The Hall–Kier alpha value is -2.44. The smallest absolute Gasteiger partial charge is 0.257 e. The van der Waals surface area contributed by atoms with Gasteiger partial charge in [-0.05, 0) is 42.5 Å². The minimum atomic E-state index is 0.572. The summed E-state index contributed by atoms with van der Waals surface area (Å²) in [4.78, 5) is 8.91. The lowest BCUT2D eigenvalue weighted by molar-refractivity contribution is 0.415. The van der Waals surface area contributed by atoms with Crippen LogP contribution >= 0.6 is 23.4 Å². The molecule has 0 aliphatic carbocycles. The zero-order chi connectivity index (χ0) is 17.2. The minimum absolute atomic E-state index is 0.572. The highest BCUT2D eigenvalue weighted by Gasteiger charge is 2.11. The highest BCUT2D eigenvalue weighted by atomic mass is 35.5. The fourth-order valence-electron chi connectivity index (χ4n) is 2.32. The van der Waals surface area contributed by atoms with E-state index in [1.165, 1.54) is 11.8 Å². The number of methoxy groups -OCH3 is 1. The lowest BCUT2D eigenvalue weighted by Crippen LogP contribution is -1.84. The van der Waals surface area contributed by atoms with Gasteiger partial charge >= 0.3 is 0 Å². The quantitative estimate of drug-likeness (QED) is 0.435. The Morgan fingerprint density at radius 3 is 2.76 bits per heavy atom. The third-order valence-electron chi connectivity index (χ3n) is 3.56. The number of benzene rings is 2. The zero-order valence-electron chi connectivity index (χ0n) is 13.2. The summed E-state index contributed by atoms with van der Waals surface area (Å²) in [5.74, 6) is 1.96. The summed E-state index contributed by atoms with van der Waals surface area (Å²) in [6, 6.07) is 12.9. The van der Waals surface area contributed by atoms with Crippen molar-refractivity contribution in [2.24, 2.45) is 0 Å². The molecule has 4 aromatic rings. The van der Waals surface area contributed by atoms with Gasteiger partial charge in [0, 0.05) is 16.3 Å². The van der Waals surface area contributed by atoms with Gasteiger partial charge in [-0.2, -0.15) is 0 Å². The SMILES string of the molecule is COc1ccc(-c2nc(CSc3nc4cc(Cl)ccc4o3)co2)cc1. The average molecular weight is 373 g/mol. The summed E-state index contributed by atoms with van der Waals surface area (Å²) in [6.45, 7) is 0. The number of fused-ring (bicyclic) bond motifs is 1. The van der Waals surface area contributed by atoms with Crippen LogP contribution in [0, 0.1) is 0 Å². The van der Waals surface area contributed by atoms with Crippen LogP contribution in [0.25, 0.3) is 22.6 Å². The third-order valence-corrected chi connectivity index (χ3v) is 4.66. The maximum Gasteiger partial charge on any atom is 0.257 e. The lowest BCUT2D eigenvalue weighted by atomic mass is 10.2. The van der Waals surface area contributed by atoms with Gasteiger partial charge in [-0.1, -0.05) is 23.4 Å². The molecule has 7 heteroatoms. The van der Waals surface area contributed by atoms with Crippen molar-refractivity contribution >= 4 is 34.5 Å². The molecule has 0 spiro atoms. The van der Waals surface area contributed by atoms with Crippen molar-refractivity contribution in [1.29, 1.82) is 0 Å². The summed E-state index contributed by atoms with van der Waals surface area (Å²) in [5.41, 5.74) is 3.17. The molecule has 126 valence electrons. The van der Waals surface area contributed by atoms with Crippen LogP contribution in [0.1, 0.15) is 5.69 Å². The predicted molar refractivity (Wildman–Crippen MR) is 97.1 cm³/mol. The largest absolute Gasteiger partial charge is 0.497 e. The second kappa shape index (κ2) is 6.82. The molecule has 0 amide bonds. The molecule has 0 saturated carbocycles. The van der Waals surface area contributed by atoms with Gasteiger partial charge in [-0.25, -0.2) is 9.97 Å². The number of ether oxygens (including phenoxy) is 1. The van der Waals surface area contributed by atoms with E-state index in [-0.39, 0.29) is 0 Å². The van der Waals surface area contributed by atoms with Crippen LogP contribution in [0.5, 0.6) is 5.75 Å². The Bertz CT molecular complexity index is 1010. The Morgan fingerprint density at radius 1 is 1.12 bits per heavy atom. The molecule has 0 fully saturated rings. The number of hydrogen-bond donors (Lipinski definition) is 0. The van der Waals surface area contributed by atoms with Crippen LogP contribution in [0.3, 0.4) is 0 Å². The van der Waals surface area contributed by atoms with Crippen molar-refractivity contribution in [3.8, 4) is 17.2 Å². The Labute approximate surface area is 153 Å². The minimum Gasteiger partial charge on any atom is -0.497 e. The number of oxazole rings is 2. The second-order valence-electron chi connectivity index (χ2n) is 5.25. The molecular weight excluding hydrogens is 360 g/mol. The maximum atomic E-state index is 5.96. The average Bonchev–Trinajstić information content (AvgIpc) is 3.26. The molecule has 2 heterocycles. The summed E-state index contributed by atoms with van der Waals surface area (Å²) in [5, 5.41) is 1.21. The number of halogens is 1. The van der Waals surface area contributed by atoms with Crippen molar-refractivity contribution < 1.29 is 13.6 Å². The summed E-state index contributed by atoms with van der Waals surface area (Å²) in [6.07, 6.45) is 1.64. The Kier molecular flexibility index (Phi) is 4.38. The fourth-order valence-corrected chi connectivity index (χ4v) is 3.20. The maximum absolute atomic E-state index is 5.96. The monoisotopic (exact) mass is 372 g/mol. The second-order valence-corrected chi connectivity index (χ2v) is 6.62. The molecule has 2 aromatic heterocycles. The molecule has 0 saturated heterocycles. The van der Waals surface area contributed by atoms with E-state index in [1.807, 2.05) is 30.3 Å². The molecule has 0 bridgehead atoms. The van der Waals surface area contributed by atoms with Crippen LogP contribution in [-0.2, 0) is 5.75 Å².